The molecule has 2 aliphatic rings. The van der Waals surface area contributed by atoms with Gasteiger partial charge in [-0.15, -0.1) is 0 Å². The van der Waals surface area contributed by atoms with Crippen molar-refractivity contribution >= 4 is 17.5 Å². The summed E-state index contributed by atoms with van der Waals surface area (Å²) in [4.78, 5) is 36.3. The minimum absolute atomic E-state index is 0.191. The van der Waals surface area contributed by atoms with Crippen LogP contribution in [0.15, 0.2) is 24.3 Å². The summed E-state index contributed by atoms with van der Waals surface area (Å²) in [5, 5.41) is 9.34. The Morgan fingerprint density at radius 2 is 1.55 bits per heavy atom. The van der Waals surface area contributed by atoms with Crippen molar-refractivity contribution in [3.8, 4) is 0 Å². The normalized spacial score (nSPS) is 26.6. The Morgan fingerprint density at radius 3 is 2.10 bits per heavy atom. The zero-order chi connectivity index (χ0) is 14.3. The van der Waals surface area contributed by atoms with Crippen LogP contribution in [0.2, 0.25) is 0 Å². The van der Waals surface area contributed by atoms with Crippen molar-refractivity contribution in [2.24, 2.45) is 17.8 Å². The molecule has 1 fully saturated rings. The lowest BCUT2D eigenvalue weighted by Gasteiger charge is -2.31. The van der Waals surface area contributed by atoms with Gasteiger partial charge in [-0.2, -0.15) is 0 Å². The number of hydrogen-bond donors (Lipinski definition) is 1. The molecule has 0 radical (unpaired) electrons. The van der Waals surface area contributed by atoms with Crippen LogP contribution in [0.5, 0.6) is 0 Å². The highest BCUT2D eigenvalue weighted by molar-refractivity contribution is 6.26. The maximum Gasteiger partial charge on any atom is 0.306 e. The first kappa shape index (κ1) is 13.0. The fraction of sp³-hybridized carbons (Fsp3) is 0.438. The van der Waals surface area contributed by atoms with Crippen LogP contribution in [0.25, 0.3) is 0 Å². The topological polar surface area (TPSA) is 71.4 Å². The summed E-state index contributed by atoms with van der Waals surface area (Å²) in [5.41, 5.74) is 0.912. The largest absolute Gasteiger partial charge is 0.481 e. The second-order valence-corrected chi connectivity index (χ2v) is 5.64. The molecule has 2 aliphatic carbocycles. The van der Waals surface area contributed by atoms with E-state index in [4.69, 9.17) is 0 Å². The highest BCUT2D eigenvalue weighted by Crippen LogP contribution is 2.41. The lowest BCUT2D eigenvalue weighted by Crippen LogP contribution is -2.37. The monoisotopic (exact) mass is 272 g/mol. The van der Waals surface area contributed by atoms with Gasteiger partial charge in [0.2, 0.25) is 0 Å². The van der Waals surface area contributed by atoms with E-state index in [1.54, 1.807) is 24.3 Å². The molecule has 0 aromatic heterocycles. The number of fused-ring (bicyclic) bond motifs is 1. The van der Waals surface area contributed by atoms with Crippen LogP contribution >= 0.6 is 0 Å². The number of rotatable bonds is 2. The van der Waals surface area contributed by atoms with Gasteiger partial charge in [0.05, 0.1) is 11.8 Å². The predicted molar refractivity (Wildman–Crippen MR) is 71.7 cm³/mol. The van der Waals surface area contributed by atoms with Crippen molar-refractivity contribution in [3.63, 3.8) is 0 Å². The van der Waals surface area contributed by atoms with Crippen LogP contribution in [0.1, 0.15) is 46.4 Å². The van der Waals surface area contributed by atoms with Crippen LogP contribution < -0.4 is 0 Å². The van der Waals surface area contributed by atoms with Gasteiger partial charge < -0.3 is 5.11 Å². The summed E-state index contributed by atoms with van der Waals surface area (Å²) in [7, 11) is 0. The van der Waals surface area contributed by atoms with Gasteiger partial charge in [0, 0.05) is 11.1 Å². The van der Waals surface area contributed by atoms with Gasteiger partial charge >= 0.3 is 5.97 Å². The van der Waals surface area contributed by atoms with Crippen molar-refractivity contribution in [3.05, 3.63) is 35.4 Å². The van der Waals surface area contributed by atoms with Crippen LogP contribution in [0.3, 0.4) is 0 Å². The maximum atomic E-state index is 12.5. The Morgan fingerprint density at radius 1 is 1.00 bits per heavy atom. The van der Waals surface area contributed by atoms with Crippen LogP contribution in [-0.4, -0.2) is 22.6 Å². The molecule has 1 aromatic rings. The lowest BCUT2D eigenvalue weighted by molar-refractivity contribution is -0.145. The molecule has 1 saturated carbocycles. The van der Waals surface area contributed by atoms with Gasteiger partial charge in [-0.05, 0) is 18.8 Å². The fourth-order valence-electron chi connectivity index (χ4n) is 3.62. The van der Waals surface area contributed by atoms with Gasteiger partial charge in [-0.1, -0.05) is 37.1 Å². The Balaban J connectivity index is 1.97. The smallest absolute Gasteiger partial charge is 0.306 e. The van der Waals surface area contributed by atoms with Gasteiger partial charge in [0.1, 0.15) is 0 Å². The molecule has 1 N–H and O–H groups in total. The molecular weight excluding hydrogens is 256 g/mol. The summed E-state index contributed by atoms with van der Waals surface area (Å²) in [6, 6.07) is 6.80. The average molecular weight is 272 g/mol. The Kier molecular flexibility index (Phi) is 3.16. The average Bonchev–Trinajstić information content (AvgIpc) is 2.71. The zero-order valence-electron chi connectivity index (χ0n) is 11.0. The van der Waals surface area contributed by atoms with Crippen LogP contribution in [-0.2, 0) is 4.79 Å². The van der Waals surface area contributed by atoms with E-state index in [0.29, 0.717) is 24.0 Å². The standard InChI is InChI=1S/C16H16O4/c17-14-10-6-2-3-7-11(10)15(18)13(14)9-5-1-4-8-12(9)16(19)20/h2-3,6-7,9,12-13H,1,4-5,8H2,(H,19,20). The molecule has 2 unspecified atom stereocenters. The summed E-state index contributed by atoms with van der Waals surface area (Å²) in [6.07, 6.45) is 2.96. The molecule has 1 aromatic carbocycles. The molecule has 0 bridgehead atoms. The molecule has 4 nitrogen and oxygen atoms in total. The number of carbonyl (C=O) groups excluding carboxylic acids is 2. The van der Waals surface area contributed by atoms with E-state index in [-0.39, 0.29) is 17.5 Å². The van der Waals surface area contributed by atoms with Crippen LogP contribution in [0.4, 0.5) is 0 Å². The molecular formula is C16H16O4. The number of carboxylic acid groups (broad SMARTS) is 1. The van der Waals surface area contributed by atoms with Crippen molar-refractivity contribution in [1.82, 2.24) is 0 Å². The summed E-state index contributed by atoms with van der Waals surface area (Å²) < 4.78 is 0. The van der Waals surface area contributed by atoms with E-state index in [1.165, 1.54) is 0 Å². The first-order valence-electron chi connectivity index (χ1n) is 7.01. The summed E-state index contributed by atoms with van der Waals surface area (Å²) in [5.74, 6) is -2.97. The van der Waals surface area contributed by atoms with Crippen molar-refractivity contribution in [1.29, 1.82) is 0 Å². The number of hydrogen-bond acceptors (Lipinski definition) is 3. The third-order valence-corrected chi connectivity index (χ3v) is 4.59. The summed E-state index contributed by atoms with van der Waals surface area (Å²) >= 11 is 0. The van der Waals surface area contributed by atoms with E-state index in [1.807, 2.05) is 0 Å². The van der Waals surface area contributed by atoms with E-state index in [0.717, 1.165) is 12.8 Å². The molecule has 0 spiro atoms. The first-order valence-corrected chi connectivity index (χ1v) is 7.01. The molecule has 104 valence electrons. The van der Waals surface area contributed by atoms with E-state index < -0.39 is 17.8 Å². The second-order valence-electron chi connectivity index (χ2n) is 5.64. The SMILES string of the molecule is O=C(O)C1CCCCC1C1C(=O)c2ccccc2C1=O. The van der Waals surface area contributed by atoms with E-state index in [9.17, 15) is 19.5 Å². The van der Waals surface area contributed by atoms with Gasteiger partial charge in [0.15, 0.2) is 11.6 Å². The Labute approximate surface area is 116 Å². The number of aliphatic carboxylic acids is 1. The molecule has 0 aliphatic heterocycles. The molecule has 0 amide bonds. The van der Waals surface area contributed by atoms with Gasteiger partial charge in [0.25, 0.3) is 0 Å². The highest BCUT2D eigenvalue weighted by atomic mass is 16.4. The Hall–Kier alpha value is -1.97. The van der Waals surface area contributed by atoms with Crippen LogP contribution in [0, 0.1) is 17.8 Å². The number of carboxylic acids is 1. The molecule has 20 heavy (non-hydrogen) atoms. The first-order chi connectivity index (χ1) is 9.61. The highest BCUT2D eigenvalue weighted by Gasteiger charge is 2.47. The van der Waals surface area contributed by atoms with Crippen molar-refractivity contribution in [2.75, 3.05) is 0 Å². The minimum atomic E-state index is -0.883. The molecule has 2 atom stereocenters. The van der Waals surface area contributed by atoms with Gasteiger partial charge in [-0.3, -0.25) is 14.4 Å². The van der Waals surface area contributed by atoms with Gasteiger partial charge in [-0.25, -0.2) is 0 Å². The van der Waals surface area contributed by atoms with E-state index in [2.05, 4.69) is 0 Å². The predicted octanol–water partition coefficient (Wildman–Crippen LogP) is 2.57. The maximum absolute atomic E-state index is 12.5. The molecule has 4 heteroatoms. The third-order valence-electron chi connectivity index (χ3n) is 4.59. The fourth-order valence-corrected chi connectivity index (χ4v) is 3.62. The lowest BCUT2D eigenvalue weighted by atomic mass is 9.71. The van der Waals surface area contributed by atoms with Crippen molar-refractivity contribution in [2.45, 2.75) is 25.7 Å². The third kappa shape index (κ3) is 1.87. The minimum Gasteiger partial charge on any atom is -0.481 e. The molecule has 3 rings (SSSR count). The Bertz CT molecular complexity index is 555. The second kappa shape index (κ2) is 4.85. The number of ketones is 2. The molecule has 0 saturated heterocycles. The summed E-state index contributed by atoms with van der Waals surface area (Å²) in [6.45, 7) is 0. The number of Topliss-reactive ketones (excluding diaryl/α,β-unsaturated/α-hetero) is 2. The number of benzene rings is 1. The number of carbonyl (C=O) groups is 3. The quantitative estimate of drug-likeness (QED) is 0.840. The van der Waals surface area contributed by atoms with Crippen molar-refractivity contribution < 1.29 is 19.5 Å². The zero-order valence-corrected chi connectivity index (χ0v) is 11.0. The molecule has 0 heterocycles. The van der Waals surface area contributed by atoms with E-state index >= 15 is 0 Å².